The average Bonchev–Trinajstić information content (AvgIpc) is 2.15. The first-order valence-electron chi connectivity index (χ1n) is 5.65. The predicted octanol–water partition coefficient (Wildman–Crippen LogP) is 1.85. The van der Waals surface area contributed by atoms with Crippen LogP contribution in [0.3, 0.4) is 0 Å². The first-order chi connectivity index (χ1) is 6.74. The molecule has 0 aliphatic rings. The molecule has 0 bridgehead atoms. The van der Waals surface area contributed by atoms with Gasteiger partial charge in [0.15, 0.2) is 0 Å². The maximum Gasteiger partial charge on any atom is 0.0598 e. The molecule has 2 nitrogen and oxygen atoms in total. The quantitative estimate of drug-likeness (QED) is 0.600. The molecule has 2 heteroatoms. The van der Waals surface area contributed by atoms with Crippen molar-refractivity contribution >= 4 is 0 Å². The molecule has 1 atom stereocenters. The van der Waals surface area contributed by atoms with Gasteiger partial charge in [-0.3, -0.25) is 4.90 Å². The Balaban J connectivity index is 3.64. The zero-order valence-corrected chi connectivity index (χ0v) is 9.63. The maximum absolute atomic E-state index is 5.95. The normalized spacial score (nSPS) is 12.8. The van der Waals surface area contributed by atoms with E-state index >= 15 is 0 Å². The summed E-state index contributed by atoms with van der Waals surface area (Å²) in [4.78, 5) is 2.30. The third-order valence-corrected chi connectivity index (χ3v) is 2.33. The van der Waals surface area contributed by atoms with Crippen LogP contribution in [-0.4, -0.2) is 30.6 Å². The molecule has 0 rings (SSSR count). The minimum absolute atomic E-state index is 0.345. The fraction of sp³-hybridized carbons (Fsp3) is 0.833. The second kappa shape index (κ2) is 9.05. The summed E-state index contributed by atoms with van der Waals surface area (Å²) in [6.07, 6.45) is 9.82. The van der Waals surface area contributed by atoms with Crippen LogP contribution in [0.5, 0.6) is 0 Å². The Hall–Kier alpha value is -0.520. The van der Waals surface area contributed by atoms with Gasteiger partial charge in [0.25, 0.3) is 0 Å². The van der Waals surface area contributed by atoms with Gasteiger partial charge < -0.3 is 5.73 Å². The standard InChI is InChI=1S/C12H24N2/c1-4-7-12(13)8-11-14(9-5-2)10-6-3/h2,12H,4,6-11,13H2,1,3H3. The molecular formula is C12H24N2. The molecule has 0 aromatic carbocycles. The van der Waals surface area contributed by atoms with Crippen molar-refractivity contribution in [3.05, 3.63) is 0 Å². The lowest BCUT2D eigenvalue weighted by Gasteiger charge is -2.20. The lowest BCUT2D eigenvalue weighted by molar-refractivity contribution is 0.291. The zero-order valence-electron chi connectivity index (χ0n) is 9.63. The van der Waals surface area contributed by atoms with E-state index < -0.39 is 0 Å². The average molecular weight is 196 g/mol. The SMILES string of the molecule is C#CCN(CCC)CCC(N)CCC. The van der Waals surface area contributed by atoms with Gasteiger partial charge in [-0.1, -0.05) is 26.2 Å². The molecule has 82 valence electrons. The van der Waals surface area contributed by atoms with Crippen LogP contribution in [0.15, 0.2) is 0 Å². The Labute approximate surface area is 88.9 Å². The first kappa shape index (κ1) is 13.5. The van der Waals surface area contributed by atoms with E-state index in [-0.39, 0.29) is 0 Å². The highest BCUT2D eigenvalue weighted by Crippen LogP contribution is 2.01. The van der Waals surface area contributed by atoms with E-state index in [0.717, 1.165) is 38.9 Å². The van der Waals surface area contributed by atoms with Gasteiger partial charge in [-0.15, -0.1) is 6.42 Å². The van der Waals surface area contributed by atoms with Crippen LogP contribution < -0.4 is 5.73 Å². The summed E-state index contributed by atoms with van der Waals surface area (Å²) >= 11 is 0. The number of nitrogens with two attached hydrogens (primary N) is 1. The van der Waals surface area contributed by atoms with Crippen LogP contribution in [0.1, 0.15) is 39.5 Å². The Morgan fingerprint density at radius 1 is 1.21 bits per heavy atom. The fourth-order valence-corrected chi connectivity index (χ4v) is 1.58. The molecule has 1 unspecified atom stereocenters. The topological polar surface area (TPSA) is 29.3 Å². The van der Waals surface area contributed by atoms with Gasteiger partial charge in [0.1, 0.15) is 0 Å². The van der Waals surface area contributed by atoms with Gasteiger partial charge in [-0.2, -0.15) is 0 Å². The fourth-order valence-electron chi connectivity index (χ4n) is 1.58. The molecule has 0 aromatic heterocycles. The highest BCUT2D eigenvalue weighted by Gasteiger charge is 2.05. The molecule has 0 heterocycles. The van der Waals surface area contributed by atoms with Crippen LogP contribution in [0.2, 0.25) is 0 Å². The molecule has 0 saturated carbocycles. The van der Waals surface area contributed by atoms with Crippen molar-refractivity contribution in [1.82, 2.24) is 4.90 Å². The van der Waals surface area contributed by atoms with Crippen LogP contribution in [0.4, 0.5) is 0 Å². The number of hydrogen-bond donors (Lipinski definition) is 1. The molecular weight excluding hydrogens is 172 g/mol. The second-order valence-electron chi connectivity index (χ2n) is 3.82. The van der Waals surface area contributed by atoms with Gasteiger partial charge in [-0.25, -0.2) is 0 Å². The van der Waals surface area contributed by atoms with Crippen molar-refractivity contribution in [3.63, 3.8) is 0 Å². The summed E-state index contributed by atoms with van der Waals surface area (Å²) in [6, 6.07) is 0.345. The molecule has 0 fully saturated rings. The molecule has 0 amide bonds. The summed E-state index contributed by atoms with van der Waals surface area (Å²) in [6.45, 7) is 7.23. The maximum atomic E-state index is 5.95. The van der Waals surface area contributed by atoms with Crippen LogP contribution in [0.25, 0.3) is 0 Å². The first-order valence-corrected chi connectivity index (χ1v) is 5.65. The van der Waals surface area contributed by atoms with Crippen molar-refractivity contribution in [3.8, 4) is 12.3 Å². The monoisotopic (exact) mass is 196 g/mol. The second-order valence-corrected chi connectivity index (χ2v) is 3.82. The summed E-state index contributed by atoms with van der Waals surface area (Å²) in [5, 5.41) is 0. The minimum Gasteiger partial charge on any atom is -0.328 e. The molecule has 14 heavy (non-hydrogen) atoms. The van der Waals surface area contributed by atoms with Crippen LogP contribution in [0, 0.1) is 12.3 Å². The summed E-state index contributed by atoms with van der Waals surface area (Å²) in [5.74, 6) is 2.69. The van der Waals surface area contributed by atoms with E-state index in [1.54, 1.807) is 0 Å². The molecule has 2 N–H and O–H groups in total. The lowest BCUT2D eigenvalue weighted by Crippen LogP contribution is -2.31. The van der Waals surface area contributed by atoms with Crippen LogP contribution in [-0.2, 0) is 0 Å². The van der Waals surface area contributed by atoms with Gasteiger partial charge in [0.2, 0.25) is 0 Å². The van der Waals surface area contributed by atoms with Crippen molar-refractivity contribution in [2.45, 2.75) is 45.6 Å². The van der Waals surface area contributed by atoms with Crippen LogP contribution >= 0.6 is 0 Å². The van der Waals surface area contributed by atoms with Gasteiger partial charge >= 0.3 is 0 Å². The molecule has 0 aromatic rings. The Kier molecular flexibility index (Phi) is 8.72. The molecule has 0 saturated heterocycles. The molecule has 0 radical (unpaired) electrons. The predicted molar refractivity (Wildman–Crippen MR) is 63.1 cm³/mol. The van der Waals surface area contributed by atoms with Gasteiger partial charge in [-0.05, 0) is 25.8 Å². The van der Waals surface area contributed by atoms with E-state index in [2.05, 4.69) is 24.7 Å². The van der Waals surface area contributed by atoms with Crippen molar-refractivity contribution in [2.75, 3.05) is 19.6 Å². The number of rotatable bonds is 8. The number of nitrogens with zero attached hydrogens (tertiary/aromatic N) is 1. The van der Waals surface area contributed by atoms with E-state index in [4.69, 9.17) is 12.2 Å². The van der Waals surface area contributed by atoms with E-state index in [9.17, 15) is 0 Å². The van der Waals surface area contributed by atoms with Crippen molar-refractivity contribution in [2.24, 2.45) is 5.73 Å². The van der Waals surface area contributed by atoms with E-state index in [0.29, 0.717) is 6.04 Å². The number of hydrogen-bond acceptors (Lipinski definition) is 2. The minimum atomic E-state index is 0.345. The zero-order chi connectivity index (χ0) is 10.8. The Morgan fingerprint density at radius 3 is 2.43 bits per heavy atom. The Morgan fingerprint density at radius 2 is 1.93 bits per heavy atom. The van der Waals surface area contributed by atoms with E-state index in [1.807, 2.05) is 0 Å². The smallest absolute Gasteiger partial charge is 0.0598 e. The van der Waals surface area contributed by atoms with Gasteiger partial charge in [0.05, 0.1) is 6.54 Å². The van der Waals surface area contributed by atoms with Gasteiger partial charge in [0, 0.05) is 12.6 Å². The third-order valence-electron chi connectivity index (χ3n) is 2.33. The molecule has 0 aliphatic carbocycles. The number of terminal acetylenes is 1. The summed E-state index contributed by atoms with van der Waals surface area (Å²) < 4.78 is 0. The highest BCUT2D eigenvalue weighted by atomic mass is 15.1. The third kappa shape index (κ3) is 6.94. The molecule has 0 aliphatic heterocycles. The van der Waals surface area contributed by atoms with E-state index in [1.165, 1.54) is 6.42 Å². The largest absolute Gasteiger partial charge is 0.328 e. The van der Waals surface area contributed by atoms with Crippen molar-refractivity contribution < 1.29 is 0 Å². The van der Waals surface area contributed by atoms with Crippen molar-refractivity contribution in [1.29, 1.82) is 0 Å². The summed E-state index contributed by atoms with van der Waals surface area (Å²) in [5.41, 5.74) is 5.95. The highest BCUT2D eigenvalue weighted by molar-refractivity contribution is 4.88. The molecule has 0 spiro atoms. The Bertz CT molecular complexity index is 160. The lowest BCUT2D eigenvalue weighted by atomic mass is 10.1. The summed E-state index contributed by atoms with van der Waals surface area (Å²) in [7, 11) is 0.